The van der Waals surface area contributed by atoms with Crippen molar-refractivity contribution in [2.75, 3.05) is 5.33 Å². The average Bonchev–Trinajstić information content (AvgIpc) is 2.59. The zero-order valence-electron chi connectivity index (χ0n) is 7.46. The third-order valence-corrected chi connectivity index (χ3v) is 4.48. The van der Waals surface area contributed by atoms with Crippen LogP contribution in [-0.2, 0) is 0 Å². The molecule has 1 atom stereocenters. The molecule has 0 saturated carbocycles. The van der Waals surface area contributed by atoms with Crippen molar-refractivity contribution in [3.8, 4) is 0 Å². The predicted octanol–water partition coefficient (Wildman–Crippen LogP) is 4.40. The molecule has 0 N–H and O–H groups in total. The molecule has 0 radical (unpaired) electrons. The van der Waals surface area contributed by atoms with E-state index in [-0.39, 0.29) is 0 Å². The Bertz CT molecular complexity index is 372. The summed E-state index contributed by atoms with van der Waals surface area (Å²) in [6.45, 7) is 2.25. The highest BCUT2D eigenvalue weighted by molar-refractivity contribution is 9.09. The van der Waals surface area contributed by atoms with Crippen molar-refractivity contribution in [3.63, 3.8) is 0 Å². The third kappa shape index (κ3) is 1.79. The topological polar surface area (TPSA) is 0 Å². The molecule has 1 aromatic carbocycles. The highest BCUT2D eigenvalue weighted by Gasteiger charge is 2.07. The Morgan fingerprint density at radius 3 is 2.85 bits per heavy atom. The molecule has 0 bridgehead atoms. The number of rotatable bonds is 2. The Balaban J connectivity index is 2.49. The van der Waals surface area contributed by atoms with Crippen LogP contribution in [0.2, 0.25) is 0 Å². The second-order valence-corrected chi connectivity index (χ2v) is 5.00. The lowest BCUT2D eigenvalue weighted by Crippen LogP contribution is -1.88. The predicted molar refractivity (Wildman–Crippen MR) is 64.0 cm³/mol. The molecule has 0 aliphatic heterocycles. The third-order valence-electron chi connectivity index (χ3n) is 2.16. The molecule has 2 heteroatoms. The highest BCUT2D eigenvalue weighted by Crippen LogP contribution is 2.31. The Hall–Kier alpha value is -0.340. The lowest BCUT2D eigenvalue weighted by atomic mass is 10.1. The minimum absolute atomic E-state index is 0.623. The molecule has 0 amide bonds. The molecule has 68 valence electrons. The Labute approximate surface area is 90.7 Å². The first-order valence-corrected chi connectivity index (χ1v) is 6.29. The van der Waals surface area contributed by atoms with Gasteiger partial charge in [-0.3, -0.25) is 0 Å². The van der Waals surface area contributed by atoms with Crippen molar-refractivity contribution < 1.29 is 0 Å². The van der Waals surface area contributed by atoms with Crippen LogP contribution >= 0.6 is 27.3 Å². The summed E-state index contributed by atoms with van der Waals surface area (Å²) in [5.41, 5.74) is 0. The first-order chi connectivity index (χ1) is 6.31. The summed E-state index contributed by atoms with van der Waals surface area (Å²) < 4.78 is 1.39. The SMILES string of the molecule is CC(CBr)c1cc2ccccc2s1. The van der Waals surface area contributed by atoms with E-state index < -0.39 is 0 Å². The van der Waals surface area contributed by atoms with Gasteiger partial charge in [0, 0.05) is 20.8 Å². The molecule has 0 fully saturated rings. The molecule has 0 aliphatic rings. The van der Waals surface area contributed by atoms with Crippen LogP contribution < -0.4 is 0 Å². The van der Waals surface area contributed by atoms with Gasteiger partial charge in [-0.1, -0.05) is 41.1 Å². The lowest BCUT2D eigenvalue weighted by Gasteiger charge is -2.01. The van der Waals surface area contributed by atoms with Crippen LogP contribution in [0.15, 0.2) is 30.3 Å². The smallest absolute Gasteiger partial charge is 0.0345 e. The number of hydrogen-bond donors (Lipinski definition) is 0. The summed E-state index contributed by atoms with van der Waals surface area (Å²) in [5.74, 6) is 0.623. The van der Waals surface area contributed by atoms with E-state index in [1.165, 1.54) is 15.0 Å². The molecule has 1 unspecified atom stereocenters. The van der Waals surface area contributed by atoms with Gasteiger partial charge in [0.15, 0.2) is 0 Å². The van der Waals surface area contributed by atoms with E-state index >= 15 is 0 Å². The van der Waals surface area contributed by atoms with Gasteiger partial charge in [-0.2, -0.15) is 0 Å². The summed E-state index contributed by atoms with van der Waals surface area (Å²) in [6.07, 6.45) is 0. The van der Waals surface area contributed by atoms with E-state index in [2.05, 4.69) is 53.2 Å². The largest absolute Gasteiger partial charge is 0.140 e. The van der Waals surface area contributed by atoms with Crippen LogP contribution in [0.3, 0.4) is 0 Å². The van der Waals surface area contributed by atoms with Gasteiger partial charge >= 0.3 is 0 Å². The summed E-state index contributed by atoms with van der Waals surface area (Å²) >= 11 is 5.42. The van der Waals surface area contributed by atoms with Crippen molar-refractivity contribution in [1.82, 2.24) is 0 Å². The van der Waals surface area contributed by atoms with Crippen molar-refractivity contribution >= 4 is 37.4 Å². The Morgan fingerprint density at radius 2 is 2.15 bits per heavy atom. The molecular weight excluding hydrogens is 244 g/mol. The quantitative estimate of drug-likeness (QED) is 0.698. The molecule has 0 spiro atoms. The minimum Gasteiger partial charge on any atom is -0.140 e. The number of alkyl halides is 1. The van der Waals surface area contributed by atoms with Gasteiger partial charge < -0.3 is 0 Å². The molecule has 2 aromatic rings. The first kappa shape index (κ1) is 9.22. The van der Waals surface area contributed by atoms with Crippen molar-refractivity contribution in [1.29, 1.82) is 0 Å². The Kier molecular flexibility index (Phi) is 2.70. The molecule has 13 heavy (non-hydrogen) atoms. The second-order valence-electron chi connectivity index (χ2n) is 3.24. The van der Waals surface area contributed by atoms with Gasteiger partial charge in [0.05, 0.1) is 0 Å². The molecule has 0 saturated heterocycles. The standard InChI is InChI=1S/C11H11BrS/c1-8(7-12)11-6-9-4-2-3-5-10(9)13-11/h2-6,8H,7H2,1H3. The number of benzene rings is 1. The normalized spacial score (nSPS) is 13.4. The summed E-state index contributed by atoms with van der Waals surface area (Å²) in [6, 6.07) is 10.9. The molecule has 0 aliphatic carbocycles. The van der Waals surface area contributed by atoms with E-state index in [9.17, 15) is 0 Å². The fraction of sp³-hybridized carbons (Fsp3) is 0.273. The van der Waals surface area contributed by atoms with Crippen molar-refractivity contribution in [3.05, 3.63) is 35.2 Å². The zero-order valence-corrected chi connectivity index (χ0v) is 9.86. The van der Waals surface area contributed by atoms with E-state index in [1.54, 1.807) is 0 Å². The lowest BCUT2D eigenvalue weighted by molar-refractivity contribution is 0.913. The fourth-order valence-corrected chi connectivity index (χ4v) is 3.00. The van der Waals surface area contributed by atoms with Crippen LogP contribution in [-0.4, -0.2) is 5.33 Å². The fourth-order valence-electron chi connectivity index (χ4n) is 1.32. The van der Waals surface area contributed by atoms with Crippen LogP contribution in [0, 0.1) is 0 Å². The maximum atomic E-state index is 3.52. The Morgan fingerprint density at radius 1 is 1.38 bits per heavy atom. The van der Waals surface area contributed by atoms with Crippen LogP contribution in [0.4, 0.5) is 0 Å². The molecule has 1 heterocycles. The number of thiophene rings is 1. The van der Waals surface area contributed by atoms with Gasteiger partial charge in [0.25, 0.3) is 0 Å². The monoisotopic (exact) mass is 254 g/mol. The number of hydrogen-bond acceptors (Lipinski definition) is 1. The van der Waals surface area contributed by atoms with E-state index in [4.69, 9.17) is 0 Å². The molecule has 0 nitrogen and oxygen atoms in total. The first-order valence-electron chi connectivity index (χ1n) is 4.35. The summed E-state index contributed by atoms with van der Waals surface area (Å²) in [4.78, 5) is 1.47. The minimum atomic E-state index is 0.623. The van der Waals surface area contributed by atoms with Crippen LogP contribution in [0.1, 0.15) is 17.7 Å². The summed E-state index contributed by atoms with van der Waals surface area (Å²) in [7, 11) is 0. The maximum Gasteiger partial charge on any atom is 0.0345 e. The van der Waals surface area contributed by atoms with Gasteiger partial charge in [-0.05, 0) is 17.5 Å². The van der Waals surface area contributed by atoms with E-state index in [0.29, 0.717) is 5.92 Å². The van der Waals surface area contributed by atoms with Crippen molar-refractivity contribution in [2.45, 2.75) is 12.8 Å². The molecular formula is C11H11BrS. The van der Waals surface area contributed by atoms with Crippen molar-refractivity contribution in [2.24, 2.45) is 0 Å². The second kappa shape index (κ2) is 3.81. The van der Waals surface area contributed by atoms with Gasteiger partial charge in [-0.15, -0.1) is 11.3 Å². The average molecular weight is 255 g/mol. The summed E-state index contributed by atoms with van der Waals surface area (Å²) in [5, 5.41) is 2.41. The van der Waals surface area contributed by atoms with Crippen LogP contribution in [0.5, 0.6) is 0 Å². The van der Waals surface area contributed by atoms with Gasteiger partial charge in [-0.25, -0.2) is 0 Å². The number of halogens is 1. The van der Waals surface area contributed by atoms with Gasteiger partial charge in [0.2, 0.25) is 0 Å². The van der Waals surface area contributed by atoms with E-state index in [1.807, 2.05) is 11.3 Å². The maximum absolute atomic E-state index is 3.52. The zero-order chi connectivity index (χ0) is 9.26. The van der Waals surface area contributed by atoms with Gasteiger partial charge in [0.1, 0.15) is 0 Å². The molecule has 1 aromatic heterocycles. The highest BCUT2D eigenvalue weighted by atomic mass is 79.9. The van der Waals surface area contributed by atoms with E-state index in [0.717, 1.165) is 5.33 Å². The van der Waals surface area contributed by atoms with Crippen LogP contribution in [0.25, 0.3) is 10.1 Å². The number of fused-ring (bicyclic) bond motifs is 1. The molecule has 2 rings (SSSR count).